The number of hydrogen-bond donors (Lipinski definition) is 0. The van der Waals surface area contributed by atoms with Crippen molar-refractivity contribution in [3.8, 4) is 0 Å². The normalized spacial score (nSPS) is 7.00. The molecule has 0 saturated heterocycles. The van der Waals surface area contributed by atoms with Gasteiger partial charge in [-0.15, -0.1) is 0 Å². The smallest absolute Gasteiger partial charge is 2.00 e. The Labute approximate surface area is 566 Å². The Morgan fingerprint density at radius 1 is 0.179 bits per heavy atom. The molecule has 0 aromatic heterocycles. The van der Waals surface area contributed by atoms with Gasteiger partial charge in [0.15, 0.2) is 0 Å². The quantitative estimate of drug-likeness (QED) is 0.176. The first kappa shape index (κ1) is 128. The van der Waals surface area contributed by atoms with E-state index in [0.717, 1.165) is 0 Å². The third kappa shape index (κ3) is 186. The van der Waals surface area contributed by atoms with Crippen LogP contribution in [0, 0.1) is 0 Å². The second-order valence-corrected chi connectivity index (χ2v) is 14.0. The van der Waals surface area contributed by atoms with Crippen LogP contribution in [0.4, 0.5) is 0 Å². The summed E-state index contributed by atoms with van der Waals surface area (Å²) < 4.78 is 0. The van der Waals surface area contributed by atoms with Gasteiger partial charge in [-0.1, -0.05) is 115 Å². The molecule has 0 atom stereocenters. The third-order valence-corrected chi connectivity index (χ3v) is 4.85. The van der Waals surface area contributed by atoms with E-state index in [2.05, 4.69) is 78.9 Å². The van der Waals surface area contributed by atoms with Crippen LogP contribution in [0.5, 0.6) is 0 Å². The van der Waals surface area contributed by atoms with E-state index in [-0.39, 0.29) is 183 Å². The zero-order valence-corrected chi connectivity index (χ0v) is 58.4. The molecule has 0 heterocycles. The molecular weight excluding hydrogens is 1430 g/mol. The number of benzene rings is 1. The molecule has 0 aliphatic heterocycles. The molecule has 1 aromatic rings. The number of rotatable bonds is 12. The number of aliphatic carboxylic acids is 12. The van der Waals surface area contributed by atoms with Crippen molar-refractivity contribution in [2.75, 3.05) is 0 Å². The first-order chi connectivity index (χ1) is 34.7. The van der Waals surface area contributed by atoms with Gasteiger partial charge >= 0.3 is 105 Å². The molecule has 0 unspecified atom stereocenters. The minimum absolute atomic E-state index is 0. The molecule has 0 amide bonds. The van der Waals surface area contributed by atoms with Crippen molar-refractivity contribution >= 4 is 71.6 Å². The Kier molecular flexibility index (Phi) is 129. The largest absolute Gasteiger partial charge is 4.00 e. The second-order valence-electron chi connectivity index (χ2n) is 14.0. The van der Waals surface area contributed by atoms with Crippen molar-refractivity contribution < 1.29 is 235 Å². The molecule has 0 N–H and O–H groups in total. The summed E-state index contributed by atoms with van der Waals surface area (Å²) in [6, 6.07) is 12.0. The van der Waals surface area contributed by atoms with E-state index in [0.29, 0.717) is 0 Å². The van der Waals surface area contributed by atoms with Gasteiger partial charge in [-0.05, 0) is 150 Å². The van der Waals surface area contributed by atoms with Crippen molar-refractivity contribution in [2.45, 2.75) is 83.1 Å². The standard InChI is InChI=1S/C6H6.12C4H6O2.2O.4Zr/c1-2-4-6-5-3-1;12*1-3(2)4(5)6;;;;;;/h1-6H;12*1H2,2H3,(H,5,6);;;;;;/q;;;;;;;;;;;;;2*-2;4*+4/p-12. The van der Waals surface area contributed by atoms with E-state index < -0.39 is 71.6 Å². The predicted octanol–water partition coefficient (Wildman–Crippen LogP) is -6.81. The Balaban J connectivity index is -0.0000000349. The van der Waals surface area contributed by atoms with Crippen LogP contribution >= 0.6 is 0 Å². The topological polar surface area (TPSA) is 539 Å². The van der Waals surface area contributed by atoms with Gasteiger partial charge in [0.05, 0.1) is 71.6 Å². The number of carboxylic acid groups (broad SMARTS) is 12. The van der Waals surface area contributed by atoms with E-state index in [1.807, 2.05) is 36.4 Å². The molecule has 0 aliphatic carbocycles. The zero-order valence-electron chi connectivity index (χ0n) is 48.6. The minimum atomic E-state index is -1.19. The van der Waals surface area contributed by atoms with Gasteiger partial charge in [0, 0.05) is 0 Å². The van der Waals surface area contributed by atoms with Crippen LogP contribution in [0.3, 0.4) is 0 Å². The van der Waals surface area contributed by atoms with Gasteiger partial charge in [-0.3, -0.25) is 0 Å². The monoisotopic (exact) mass is 1490 g/mol. The number of carbonyl (C=O) groups excluding carboxylic acids is 12. The van der Waals surface area contributed by atoms with E-state index in [4.69, 9.17) is 0 Å². The molecule has 454 valence electrons. The fourth-order valence-electron chi connectivity index (χ4n) is 0.385. The Bertz CT molecular complexity index is 1630. The van der Waals surface area contributed by atoms with Crippen LogP contribution in [0.1, 0.15) is 83.1 Å². The summed E-state index contributed by atoms with van der Waals surface area (Å²) in [5.41, 5.74) is 0.778. The molecule has 26 nitrogen and oxygen atoms in total. The number of carboxylic acids is 12. The van der Waals surface area contributed by atoms with E-state index >= 15 is 0 Å². The molecule has 1 rings (SSSR count). The van der Waals surface area contributed by atoms with Crippen molar-refractivity contribution in [1.29, 1.82) is 0 Å². The fourth-order valence-corrected chi connectivity index (χ4v) is 0.385. The van der Waals surface area contributed by atoms with E-state index in [9.17, 15) is 119 Å². The SMILES string of the molecule is C=C(C)C(=O)[O-].C=C(C)C(=O)[O-].C=C(C)C(=O)[O-].C=C(C)C(=O)[O-].C=C(C)C(=O)[O-].C=C(C)C(=O)[O-].C=C(C)C(=O)[O-].C=C(C)C(=O)[O-].C=C(C)C(=O)[O-].C=C(C)C(=O)[O-].C=C(C)C(=O)[O-].C=C(C)C(=O)[O-].[O-2].[O-2].[Zr+4].[Zr+4].[Zr+4].[Zr+4].c1ccccc1. The van der Waals surface area contributed by atoms with Crippen LogP contribution in [-0.2, 0) is 173 Å². The summed E-state index contributed by atoms with van der Waals surface area (Å²) in [5.74, 6) is -14.2. The summed E-state index contributed by atoms with van der Waals surface area (Å²) in [4.78, 5) is 114. The van der Waals surface area contributed by atoms with Crippen molar-refractivity contribution in [3.05, 3.63) is 182 Å². The summed E-state index contributed by atoms with van der Waals surface area (Å²) in [5, 5.41) is 114. The summed E-state index contributed by atoms with van der Waals surface area (Å²) in [7, 11) is 0. The fraction of sp³-hybridized carbons (Fsp3) is 0.222. The first-order valence-corrected chi connectivity index (χ1v) is 20.1. The van der Waals surface area contributed by atoms with Gasteiger partial charge in [0.2, 0.25) is 0 Å². The van der Waals surface area contributed by atoms with Crippen LogP contribution in [0.15, 0.2) is 182 Å². The second kappa shape index (κ2) is 85.0. The molecule has 0 radical (unpaired) electrons. The Morgan fingerprint density at radius 3 is 0.214 bits per heavy atom. The van der Waals surface area contributed by atoms with Crippen LogP contribution in [0.25, 0.3) is 0 Å². The van der Waals surface area contributed by atoms with Crippen LogP contribution < -0.4 is 61.3 Å². The predicted molar refractivity (Wildman–Crippen MR) is 266 cm³/mol. The molecule has 0 spiro atoms. The summed E-state index contributed by atoms with van der Waals surface area (Å²) >= 11 is 0. The van der Waals surface area contributed by atoms with Crippen LogP contribution in [0.2, 0.25) is 0 Å². The molecule has 84 heavy (non-hydrogen) atoms. The summed E-state index contributed by atoms with van der Waals surface area (Å²) in [6.45, 7) is 53.7. The number of hydrogen-bond acceptors (Lipinski definition) is 24. The molecule has 1 aromatic carbocycles. The average molecular weight is 1500 g/mol. The van der Waals surface area contributed by atoms with Crippen LogP contribution in [-0.4, -0.2) is 71.6 Å². The minimum Gasteiger partial charge on any atom is -2.00 e. The average Bonchev–Trinajstić information content (AvgIpc) is 3.29. The first-order valence-electron chi connectivity index (χ1n) is 20.1. The molecule has 0 aliphatic rings. The maximum absolute atomic E-state index is 9.49. The molecule has 30 heteroatoms. The van der Waals surface area contributed by atoms with Gasteiger partial charge in [0.1, 0.15) is 0 Å². The van der Waals surface area contributed by atoms with Gasteiger partial charge in [0.25, 0.3) is 0 Å². The molecule has 0 fully saturated rings. The van der Waals surface area contributed by atoms with Crippen molar-refractivity contribution in [3.63, 3.8) is 0 Å². The zero-order chi connectivity index (χ0) is 66.1. The van der Waals surface area contributed by atoms with Gasteiger partial charge < -0.3 is 130 Å². The molecule has 0 bridgehead atoms. The van der Waals surface area contributed by atoms with E-state index in [1.165, 1.54) is 83.1 Å². The van der Waals surface area contributed by atoms with Crippen molar-refractivity contribution in [1.82, 2.24) is 0 Å². The number of carbonyl (C=O) groups is 12. The Morgan fingerprint density at radius 2 is 0.202 bits per heavy atom. The molecule has 0 saturated carbocycles. The maximum Gasteiger partial charge on any atom is 4.00 e. The van der Waals surface area contributed by atoms with Gasteiger partial charge in [-0.2, -0.15) is 0 Å². The maximum atomic E-state index is 9.49. The van der Waals surface area contributed by atoms with E-state index in [1.54, 1.807) is 0 Å². The van der Waals surface area contributed by atoms with Gasteiger partial charge in [-0.25, -0.2) is 0 Å². The Hall–Kier alpha value is -6.81. The summed E-state index contributed by atoms with van der Waals surface area (Å²) in [6.07, 6.45) is 0. The molecular formula is C54H66O26Zr4. The third-order valence-electron chi connectivity index (χ3n) is 4.85. The van der Waals surface area contributed by atoms with Crippen molar-refractivity contribution in [2.24, 2.45) is 0 Å².